The minimum atomic E-state index is 0.626. The van der Waals surface area contributed by atoms with Crippen LogP contribution in [0.15, 0.2) is 95.7 Å². The van der Waals surface area contributed by atoms with Gasteiger partial charge >= 0.3 is 0 Å². The number of fused-ring (bicyclic) bond motifs is 5. The number of aromatic nitrogens is 4. The third-order valence-electron chi connectivity index (χ3n) is 6.42. The Labute approximate surface area is 204 Å². The molecule has 0 aliphatic heterocycles. The summed E-state index contributed by atoms with van der Waals surface area (Å²) < 4.78 is 1.04. The van der Waals surface area contributed by atoms with E-state index >= 15 is 0 Å². The predicted octanol–water partition coefficient (Wildman–Crippen LogP) is 7.24. The number of hydrogen-bond acceptors (Lipinski definition) is 4. The van der Waals surface area contributed by atoms with E-state index < -0.39 is 0 Å². The number of benzene rings is 3. The van der Waals surface area contributed by atoms with Crippen molar-refractivity contribution in [1.29, 1.82) is 0 Å². The van der Waals surface area contributed by atoms with Crippen LogP contribution in [-0.4, -0.2) is 19.9 Å². The average Bonchev–Trinajstić information content (AvgIpc) is 3.25. The third-order valence-corrected chi connectivity index (χ3v) is 6.91. The molecule has 7 rings (SSSR count). The smallest absolute Gasteiger partial charge is 0.179 e. The molecular formula is C29H17BrN4. The summed E-state index contributed by atoms with van der Waals surface area (Å²) in [7, 11) is 0. The first kappa shape index (κ1) is 19.5. The Morgan fingerprint density at radius 3 is 2.03 bits per heavy atom. The summed E-state index contributed by atoms with van der Waals surface area (Å²) in [6, 6.07) is 27.1. The molecule has 1 aliphatic rings. The van der Waals surface area contributed by atoms with Crippen molar-refractivity contribution in [2.75, 3.05) is 0 Å². The molecule has 3 heterocycles. The van der Waals surface area contributed by atoms with Gasteiger partial charge in [0.2, 0.25) is 0 Å². The molecule has 0 fully saturated rings. The van der Waals surface area contributed by atoms with Crippen molar-refractivity contribution < 1.29 is 0 Å². The van der Waals surface area contributed by atoms with Gasteiger partial charge in [0.25, 0.3) is 0 Å². The van der Waals surface area contributed by atoms with Gasteiger partial charge in [-0.3, -0.25) is 9.97 Å². The normalized spacial score (nSPS) is 12.1. The zero-order valence-corrected chi connectivity index (χ0v) is 19.6. The highest BCUT2D eigenvalue weighted by atomic mass is 79.9. The summed E-state index contributed by atoms with van der Waals surface area (Å²) in [6.07, 6.45) is 4.58. The van der Waals surface area contributed by atoms with Crippen LogP contribution in [0.5, 0.6) is 0 Å². The van der Waals surface area contributed by atoms with Crippen LogP contribution in [0.2, 0.25) is 0 Å². The molecule has 0 N–H and O–H groups in total. The Kier molecular flexibility index (Phi) is 4.32. The molecule has 0 spiro atoms. The molecule has 6 aromatic rings. The highest BCUT2D eigenvalue weighted by Gasteiger charge is 2.27. The molecule has 0 amide bonds. The Bertz CT molecular complexity index is 1760. The molecule has 3 aromatic carbocycles. The lowest BCUT2D eigenvalue weighted by Gasteiger charge is -2.12. The summed E-state index contributed by atoms with van der Waals surface area (Å²) in [4.78, 5) is 19.6. The van der Waals surface area contributed by atoms with Gasteiger partial charge in [-0.25, -0.2) is 9.97 Å². The van der Waals surface area contributed by atoms with E-state index in [9.17, 15) is 0 Å². The van der Waals surface area contributed by atoms with Crippen LogP contribution in [0.4, 0.5) is 0 Å². The quantitative estimate of drug-likeness (QED) is 0.251. The number of rotatable bonds is 2. The van der Waals surface area contributed by atoms with Crippen molar-refractivity contribution in [3.05, 3.63) is 107 Å². The molecule has 0 radical (unpaired) electrons. The lowest BCUT2D eigenvalue weighted by Crippen LogP contribution is -2.01. The fraction of sp³-hybridized carbons (Fsp3) is 0.0345. The predicted molar refractivity (Wildman–Crippen MR) is 139 cm³/mol. The van der Waals surface area contributed by atoms with Crippen LogP contribution in [0.3, 0.4) is 0 Å². The van der Waals surface area contributed by atoms with Crippen LogP contribution in [-0.2, 0) is 6.42 Å². The van der Waals surface area contributed by atoms with Crippen molar-refractivity contribution in [3.8, 4) is 34.0 Å². The van der Waals surface area contributed by atoms with Crippen LogP contribution >= 0.6 is 15.9 Å². The molecule has 0 saturated carbocycles. The summed E-state index contributed by atoms with van der Waals surface area (Å²) in [5, 5.41) is 4.46. The number of hydrogen-bond donors (Lipinski definition) is 0. The van der Waals surface area contributed by atoms with Crippen LogP contribution in [0.1, 0.15) is 11.3 Å². The Morgan fingerprint density at radius 2 is 1.29 bits per heavy atom. The van der Waals surface area contributed by atoms with E-state index in [1.54, 1.807) is 0 Å². The fourth-order valence-corrected chi connectivity index (χ4v) is 5.11. The minimum absolute atomic E-state index is 0.626. The largest absolute Gasteiger partial charge is 0.254 e. The monoisotopic (exact) mass is 500 g/mol. The third kappa shape index (κ3) is 3.12. The fourth-order valence-electron chi connectivity index (χ4n) is 4.75. The molecule has 0 atom stereocenters. The molecule has 160 valence electrons. The summed E-state index contributed by atoms with van der Waals surface area (Å²) in [6.45, 7) is 0. The first-order chi connectivity index (χ1) is 16.7. The van der Waals surface area contributed by atoms with E-state index in [1.165, 1.54) is 5.56 Å². The second-order valence-corrected chi connectivity index (χ2v) is 9.44. The Hall–Kier alpha value is -3.96. The van der Waals surface area contributed by atoms with Crippen LogP contribution < -0.4 is 0 Å². The van der Waals surface area contributed by atoms with Crippen LogP contribution in [0.25, 0.3) is 55.6 Å². The lowest BCUT2D eigenvalue weighted by molar-refractivity contribution is 1.06. The van der Waals surface area contributed by atoms with Gasteiger partial charge in [-0.2, -0.15) is 0 Å². The molecule has 3 aromatic heterocycles. The summed E-state index contributed by atoms with van der Waals surface area (Å²) in [5.41, 5.74) is 6.93. The Balaban J connectivity index is 1.50. The zero-order chi connectivity index (χ0) is 22.6. The number of halogens is 1. The van der Waals surface area contributed by atoms with Crippen molar-refractivity contribution in [1.82, 2.24) is 19.9 Å². The van der Waals surface area contributed by atoms with Gasteiger partial charge in [-0.1, -0.05) is 70.5 Å². The van der Waals surface area contributed by atoms with E-state index in [2.05, 4.69) is 70.5 Å². The van der Waals surface area contributed by atoms with Gasteiger partial charge in [0.1, 0.15) is 11.4 Å². The molecule has 0 saturated heterocycles. The molecule has 1 aliphatic carbocycles. The van der Waals surface area contributed by atoms with E-state index in [0.29, 0.717) is 5.82 Å². The highest BCUT2D eigenvalue weighted by Crippen LogP contribution is 2.43. The second kappa shape index (κ2) is 7.54. The van der Waals surface area contributed by atoms with E-state index in [0.717, 1.165) is 66.3 Å². The van der Waals surface area contributed by atoms with Crippen LogP contribution in [0, 0.1) is 0 Å². The minimum Gasteiger partial charge on any atom is -0.254 e. The SMILES string of the molecule is Brc1ccc2c(c1)-c1c(nc(-c3cc4ccccc4cn3)nc1-c1cc3ccccc3cn1)C2. The van der Waals surface area contributed by atoms with Gasteiger partial charge in [-0.05, 0) is 46.2 Å². The van der Waals surface area contributed by atoms with Crippen molar-refractivity contribution >= 4 is 37.5 Å². The lowest BCUT2D eigenvalue weighted by atomic mass is 10.0. The first-order valence-corrected chi connectivity index (χ1v) is 11.9. The van der Waals surface area contributed by atoms with E-state index in [-0.39, 0.29) is 0 Å². The molecule has 5 heteroatoms. The van der Waals surface area contributed by atoms with E-state index in [1.807, 2.05) is 36.7 Å². The van der Waals surface area contributed by atoms with Crippen molar-refractivity contribution in [3.63, 3.8) is 0 Å². The topological polar surface area (TPSA) is 51.6 Å². The number of pyridine rings is 2. The number of nitrogens with zero attached hydrogens (tertiary/aromatic N) is 4. The Morgan fingerprint density at radius 1 is 0.647 bits per heavy atom. The summed E-state index contributed by atoms with van der Waals surface area (Å²) in [5.74, 6) is 0.626. The van der Waals surface area contributed by atoms with E-state index in [4.69, 9.17) is 19.9 Å². The molecule has 4 nitrogen and oxygen atoms in total. The molecular weight excluding hydrogens is 484 g/mol. The first-order valence-electron chi connectivity index (χ1n) is 11.1. The maximum Gasteiger partial charge on any atom is 0.179 e. The van der Waals surface area contributed by atoms with Gasteiger partial charge < -0.3 is 0 Å². The van der Waals surface area contributed by atoms with Gasteiger partial charge in [0, 0.05) is 39.6 Å². The average molecular weight is 501 g/mol. The molecule has 0 unspecified atom stereocenters. The second-order valence-electron chi connectivity index (χ2n) is 8.53. The molecule has 0 bridgehead atoms. The van der Waals surface area contributed by atoms with Gasteiger partial charge in [0.05, 0.1) is 11.4 Å². The highest BCUT2D eigenvalue weighted by molar-refractivity contribution is 9.10. The zero-order valence-electron chi connectivity index (χ0n) is 18.0. The standard InChI is InChI=1S/C29H17BrN4/c30-22-10-9-19-13-24-27(23(19)14-22)28(25-11-17-5-1-3-7-20(17)15-31-25)34-29(33-24)26-12-18-6-2-4-8-21(18)16-32-26/h1-12,14-16H,13H2. The molecule has 34 heavy (non-hydrogen) atoms. The summed E-state index contributed by atoms with van der Waals surface area (Å²) >= 11 is 3.64. The van der Waals surface area contributed by atoms with Gasteiger partial charge in [-0.15, -0.1) is 0 Å². The van der Waals surface area contributed by atoms with Crippen molar-refractivity contribution in [2.24, 2.45) is 0 Å². The maximum atomic E-state index is 5.08. The van der Waals surface area contributed by atoms with Gasteiger partial charge in [0.15, 0.2) is 5.82 Å². The maximum absolute atomic E-state index is 5.08. The van der Waals surface area contributed by atoms with Crippen molar-refractivity contribution in [2.45, 2.75) is 6.42 Å².